The van der Waals surface area contributed by atoms with Crippen LogP contribution in [0.2, 0.25) is 0 Å². The monoisotopic (exact) mass is 195 g/mol. The largest absolute Gasteiger partial charge is 0.430 e. The van der Waals surface area contributed by atoms with Crippen LogP contribution in [0.3, 0.4) is 0 Å². The minimum Gasteiger partial charge on any atom is -0.367 e. The van der Waals surface area contributed by atoms with Gasteiger partial charge in [0.25, 0.3) is 10.2 Å². The number of carbonyl (C=O) groups is 1. The molecule has 0 saturated carbocycles. The maximum absolute atomic E-state index is 11.5. The molecule has 0 aliphatic heterocycles. The predicted molar refractivity (Wildman–Crippen MR) is 29.7 cm³/mol. The van der Waals surface area contributed by atoms with E-state index in [1.165, 1.54) is 0 Å². The van der Waals surface area contributed by atoms with Gasteiger partial charge in [-0.05, 0) is 0 Å². The second-order valence-corrected chi connectivity index (χ2v) is 2.76. The fourth-order valence-corrected chi connectivity index (χ4v) is 0.140. The van der Waals surface area contributed by atoms with Gasteiger partial charge in [-0.15, -0.1) is 0 Å². The second kappa shape index (κ2) is 2.47. The molecule has 0 aromatic rings. The highest BCUT2D eigenvalue weighted by Crippen LogP contribution is 2.39. The number of hydrogen-bond donors (Lipinski definition) is 1. The van der Waals surface area contributed by atoms with Crippen LogP contribution in [0.25, 0.3) is 0 Å². The van der Waals surface area contributed by atoms with Crippen molar-refractivity contribution in [2.45, 2.75) is 10.5 Å². The molecular formula is C3H2Cl2F3NO. The van der Waals surface area contributed by atoms with Gasteiger partial charge >= 0.3 is 6.18 Å². The summed E-state index contributed by atoms with van der Waals surface area (Å²) in [4.78, 5) is 9.91. The molecule has 0 aliphatic carbocycles. The fourth-order valence-electron chi connectivity index (χ4n) is 0.140. The smallest absolute Gasteiger partial charge is 0.367 e. The van der Waals surface area contributed by atoms with Gasteiger partial charge in [0.05, 0.1) is 0 Å². The van der Waals surface area contributed by atoms with Crippen molar-refractivity contribution in [2.75, 3.05) is 0 Å². The van der Waals surface area contributed by atoms with Crippen LogP contribution in [-0.2, 0) is 4.79 Å². The Kier molecular flexibility index (Phi) is 2.43. The first kappa shape index (κ1) is 9.84. The van der Waals surface area contributed by atoms with Gasteiger partial charge in [-0.1, -0.05) is 23.2 Å². The van der Waals surface area contributed by atoms with Gasteiger partial charge in [0.15, 0.2) is 0 Å². The van der Waals surface area contributed by atoms with Crippen molar-refractivity contribution >= 4 is 29.1 Å². The maximum atomic E-state index is 11.5. The summed E-state index contributed by atoms with van der Waals surface area (Å²) in [6, 6.07) is 0. The topological polar surface area (TPSA) is 43.1 Å². The maximum Gasteiger partial charge on any atom is 0.430 e. The van der Waals surface area contributed by atoms with Crippen molar-refractivity contribution in [1.82, 2.24) is 0 Å². The number of carbonyl (C=O) groups excluding carboxylic acids is 1. The van der Waals surface area contributed by atoms with Crippen LogP contribution < -0.4 is 5.73 Å². The number of primary amides is 1. The lowest BCUT2D eigenvalue weighted by molar-refractivity contribution is -0.156. The molecule has 7 heteroatoms. The van der Waals surface area contributed by atoms with E-state index in [0.29, 0.717) is 0 Å². The molecule has 0 atom stereocenters. The number of hydrogen-bond acceptors (Lipinski definition) is 1. The summed E-state index contributed by atoms with van der Waals surface area (Å²) in [5.74, 6) is -1.83. The Morgan fingerprint density at radius 3 is 1.60 bits per heavy atom. The molecule has 10 heavy (non-hydrogen) atoms. The third-order valence-electron chi connectivity index (χ3n) is 0.665. The number of rotatable bonds is 1. The Bertz CT molecular complexity index is 154. The van der Waals surface area contributed by atoms with Crippen molar-refractivity contribution in [1.29, 1.82) is 0 Å². The first-order valence-electron chi connectivity index (χ1n) is 1.94. The summed E-state index contributed by atoms with van der Waals surface area (Å²) >= 11 is 9.03. The summed E-state index contributed by atoms with van der Waals surface area (Å²) in [6.45, 7) is 0. The normalized spacial score (nSPS) is 13.3. The van der Waals surface area contributed by atoms with Crippen molar-refractivity contribution in [3.63, 3.8) is 0 Å². The predicted octanol–water partition coefficient (Wildman–Crippen LogP) is 1.21. The Labute approximate surface area is 64.1 Å². The third-order valence-corrected chi connectivity index (χ3v) is 1.47. The van der Waals surface area contributed by atoms with Gasteiger partial charge in [0.1, 0.15) is 0 Å². The van der Waals surface area contributed by atoms with E-state index in [4.69, 9.17) is 0 Å². The van der Waals surface area contributed by atoms with Crippen molar-refractivity contribution in [3.8, 4) is 0 Å². The van der Waals surface area contributed by atoms with E-state index in [-0.39, 0.29) is 0 Å². The second-order valence-electron chi connectivity index (χ2n) is 1.44. The SMILES string of the molecule is NC(=O)C(Cl)(Cl)C(F)(F)F. The average molecular weight is 196 g/mol. The summed E-state index contributed by atoms with van der Waals surface area (Å²) in [5, 5.41) is 0. The molecule has 0 aliphatic rings. The van der Waals surface area contributed by atoms with E-state index < -0.39 is 16.4 Å². The highest BCUT2D eigenvalue weighted by Gasteiger charge is 2.57. The van der Waals surface area contributed by atoms with Crippen LogP contribution in [0, 0.1) is 0 Å². The number of nitrogens with two attached hydrogens (primary N) is 1. The van der Waals surface area contributed by atoms with Crippen LogP contribution >= 0.6 is 23.2 Å². The summed E-state index contributed by atoms with van der Waals surface area (Å²) in [5.41, 5.74) is 4.23. The Hall–Kier alpha value is -0.160. The molecule has 2 N–H and O–H groups in total. The van der Waals surface area contributed by atoms with Gasteiger partial charge in [0, 0.05) is 0 Å². The zero-order chi connectivity index (χ0) is 8.58. The molecule has 1 amide bonds. The molecule has 0 spiro atoms. The molecule has 0 bridgehead atoms. The number of alkyl halides is 5. The Balaban J connectivity index is 4.57. The summed E-state index contributed by atoms with van der Waals surface area (Å²) in [7, 11) is 0. The Morgan fingerprint density at radius 2 is 1.60 bits per heavy atom. The van der Waals surface area contributed by atoms with Crippen LogP contribution in [0.15, 0.2) is 0 Å². The molecule has 0 heterocycles. The summed E-state index contributed by atoms with van der Waals surface area (Å²) in [6.07, 6.45) is -5.03. The van der Waals surface area contributed by atoms with Crippen molar-refractivity contribution in [3.05, 3.63) is 0 Å². The molecule has 2 nitrogen and oxygen atoms in total. The molecule has 0 aromatic heterocycles. The average Bonchev–Trinajstić information content (AvgIpc) is 1.62. The van der Waals surface area contributed by atoms with Gasteiger partial charge in [-0.2, -0.15) is 13.2 Å². The first-order valence-corrected chi connectivity index (χ1v) is 2.69. The minimum absolute atomic E-state index is 1.83. The molecule has 0 aromatic carbocycles. The third kappa shape index (κ3) is 1.67. The zero-order valence-electron chi connectivity index (χ0n) is 4.38. The van der Waals surface area contributed by atoms with Gasteiger partial charge in [0.2, 0.25) is 0 Å². The zero-order valence-corrected chi connectivity index (χ0v) is 5.89. The molecule has 0 saturated heterocycles. The van der Waals surface area contributed by atoms with Crippen molar-refractivity contribution < 1.29 is 18.0 Å². The van der Waals surface area contributed by atoms with Crippen LogP contribution in [0.4, 0.5) is 13.2 Å². The standard InChI is InChI=1S/C3H2Cl2F3NO/c4-2(5,1(9)10)3(6,7)8/h(H2,9,10). The van der Waals surface area contributed by atoms with E-state index in [9.17, 15) is 18.0 Å². The van der Waals surface area contributed by atoms with Crippen LogP contribution in [-0.4, -0.2) is 16.4 Å². The lowest BCUT2D eigenvalue weighted by Gasteiger charge is -2.18. The summed E-state index contributed by atoms with van der Waals surface area (Å²) < 4.78 is 31.1. The van der Waals surface area contributed by atoms with E-state index in [0.717, 1.165) is 0 Å². The lowest BCUT2D eigenvalue weighted by atomic mass is 10.4. The van der Waals surface area contributed by atoms with Gasteiger partial charge in [-0.3, -0.25) is 4.79 Å². The molecule has 0 rings (SSSR count). The number of halogens is 5. The van der Waals surface area contributed by atoms with E-state index >= 15 is 0 Å². The molecular weight excluding hydrogens is 194 g/mol. The minimum atomic E-state index is -5.03. The van der Waals surface area contributed by atoms with Gasteiger partial charge < -0.3 is 5.73 Å². The quantitative estimate of drug-likeness (QED) is 0.629. The highest BCUT2D eigenvalue weighted by atomic mass is 35.5. The Morgan fingerprint density at radius 1 is 1.30 bits per heavy atom. The van der Waals surface area contributed by atoms with E-state index in [1.807, 2.05) is 0 Å². The molecule has 0 radical (unpaired) electrons. The first-order chi connectivity index (χ1) is 4.19. The van der Waals surface area contributed by atoms with Gasteiger partial charge in [-0.25, -0.2) is 0 Å². The highest BCUT2D eigenvalue weighted by molar-refractivity contribution is 6.58. The van der Waals surface area contributed by atoms with E-state index in [1.54, 1.807) is 0 Å². The fraction of sp³-hybridized carbons (Fsp3) is 0.667. The number of amides is 1. The van der Waals surface area contributed by atoms with Crippen LogP contribution in [0.1, 0.15) is 0 Å². The van der Waals surface area contributed by atoms with Crippen LogP contribution in [0.5, 0.6) is 0 Å². The molecule has 0 fully saturated rings. The van der Waals surface area contributed by atoms with E-state index in [2.05, 4.69) is 28.9 Å². The lowest BCUT2D eigenvalue weighted by Crippen LogP contribution is -2.46. The molecule has 0 unspecified atom stereocenters. The van der Waals surface area contributed by atoms with Crippen molar-refractivity contribution in [2.24, 2.45) is 5.73 Å². The molecule has 60 valence electrons.